The van der Waals surface area contributed by atoms with Crippen LogP contribution in [0.4, 0.5) is 11.4 Å². The van der Waals surface area contributed by atoms with Gasteiger partial charge in [0.15, 0.2) is 6.29 Å². The second kappa shape index (κ2) is 21.9. The van der Waals surface area contributed by atoms with Crippen LogP contribution in [0.15, 0.2) is 158 Å². The highest BCUT2D eigenvalue weighted by Gasteiger charge is 2.33. The van der Waals surface area contributed by atoms with E-state index in [-0.39, 0.29) is 30.6 Å². The van der Waals surface area contributed by atoms with Crippen molar-refractivity contribution in [1.29, 1.82) is 0 Å². The van der Waals surface area contributed by atoms with E-state index in [2.05, 4.69) is 100 Å². The van der Waals surface area contributed by atoms with Crippen LogP contribution >= 0.6 is 0 Å². The summed E-state index contributed by atoms with van der Waals surface area (Å²) >= 11 is 0. The van der Waals surface area contributed by atoms with Crippen molar-refractivity contribution in [3.63, 3.8) is 0 Å². The summed E-state index contributed by atoms with van der Waals surface area (Å²) in [6, 6.07) is 52.9. The number of unbranched alkanes of at least 4 members (excludes halogenated alkanes) is 2. The van der Waals surface area contributed by atoms with Gasteiger partial charge in [0.2, 0.25) is 11.8 Å². The lowest BCUT2D eigenvalue weighted by molar-refractivity contribution is -0.253. The fraction of sp³-hybridized carbons (Fsp3) is 0.269. The number of nitrogens with zero attached hydrogens (tertiary/aromatic N) is 1. The maximum absolute atomic E-state index is 12.7. The van der Waals surface area contributed by atoms with Crippen LogP contribution < -0.4 is 16.4 Å². The lowest BCUT2D eigenvalue weighted by atomic mass is 9.98. The first kappa shape index (κ1) is 43.0. The molecule has 61 heavy (non-hydrogen) atoms. The van der Waals surface area contributed by atoms with Crippen molar-refractivity contribution >= 4 is 23.2 Å². The molecule has 314 valence electrons. The van der Waals surface area contributed by atoms with Gasteiger partial charge in [0.25, 0.3) is 0 Å². The zero-order chi connectivity index (χ0) is 42.2. The third kappa shape index (κ3) is 12.9. The second-order valence-corrected chi connectivity index (χ2v) is 15.8. The number of nitrogens with one attached hydrogen (secondary N) is 2. The Hall–Kier alpha value is -6.10. The van der Waals surface area contributed by atoms with Crippen molar-refractivity contribution < 1.29 is 24.2 Å². The normalized spacial score (nSPS) is 16.3. The fourth-order valence-corrected chi connectivity index (χ4v) is 7.74. The van der Waals surface area contributed by atoms with E-state index < -0.39 is 6.29 Å². The summed E-state index contributed by atoms with van der Waals surface area (Å²) in [4.78, 5) is 27.4. The second-order valence-electron chi connectivity index (χ2n) is 15.8. The Morgan fingerprint density at radius 2 is 1.25 bits per heavy atom. The number of hydrogen-bond acceptors (Lipinski definition) is 7. The Balaban J connectivity index is 0.956. The number of benzene rings is 6. The molecule has 0 bridgehead atoms. The molecule has 9 nitrogen and oxygen atoms in total. The van der Waals surface area contributed by atoms with Crippen LogP contribution in [0.5, 0.6) is 0 Å². The lowest BCUT2D eigenvalue weighted by Gasteiger charge is -2.38. The number of hydrogen-bond donors (Lipinski definition) is 4. The molecule has 5 N–H and O–H groups in total. The first-order valence-electron chi connectivity index (χ1n) is 21.3. The van der Waals surface area contributed by atoms with Crippen LogP contribution in [0.25, 0.3) is 11.1 Å². The van der Waals surface area contributed by atoms with Gasteiger partial charge in [-0.15, -0.1) is 0 Å². The molecule has 3 atom stereocenters. The number of aliphatic hydroxyl groups is 1. The monoisotopic (exact) mass is 816 g/mol. The SMILES string of the molecule is Nc1ccccc1NC(=O)CCCCCC(=O)NCc1cccc(-c2ccc([C@@H]3O[C@H](CN(Cc4ccccc4)Cc4ccccc4)C[C@H](c4ccc(CO)cc4)O3)cc2)c1. The summed E-state index contributed by atoms with van der Waals surface area (Å²) in [5.41, 5.74) is 15.6. The highest BCUT2D eigenvalue weighted by Crippen LogP contribution is 2.39. The number of nitrogens with two attached hydrogens (primary N) is 1. The van der Waals surface area contributed by atoms with E-state index in [1.54, 1.807) is 12.1 Å². The molecular formula is C52H56N4O5. The van der Waals surface area contributed by atoms with Gasteiger partial charge in [-0.05, 0) is 70.0 Å². The quantitative estimate of drug-likeness (QED) is 0.0474. The molecule has 1 saturated heterocycles. The Kier molecular flexibility index (Phi) is 15.5. The topological polar surface area (TPSA) is 126 Å². The van der Waals surface area contributed by atoms with Crippen molar-refractivity contribution in [2.24, 2.45) is 0 Å². The standard InChI is InChI=1S/C52H56N4O5/c53-47-19-10-11-20-48(47)55-51(59)22-9-3-8-21-50(58)54-33-41-17-12-18-45(31-41)42-27-29-44(30-28-42)52-60-46(32-49(61-52)43-25-23-40(37-57)24-26-43)36-56(34-38-13-4-1-5-14-38)35-39-15-6-2-7-16-39/h1-2,4-7,10-20,23-31,46,49,52,57H,3,8-9,21-22,32-37,53H2,(H,54,58)(H,55,59)/t46-,49+,52+/m0/s1. The summed E-state index contributed by atoms with van der Waals surface area (Å²) in [6.45, 7) is 2.74. The third-order valence-electron chi connectivity index (χ3n) is 11.1. The molecule has 0 aromatic heterocycles. The Bertz CT molecular complexity index is 2240. The van der Waals surface area contributed by atoms with E-state index in [1.807, 2.05) is 60.7 Å². The van der Waals surface area contributed by atoms with Crippen LogP contribution in [-0.4, -0.2) is 34.5 Å². The number of para-hydroxylation sites is 2. The summed E-state index contributed by atoms with van der Waals surface area (Å²) in [6.07, 6.45) is 2.82. The van der Waals surface area contributed by atoms with E-state index in [0.29, 0.717) is 50.0 Å². The van der Waals surface area contributed by atoms with Crippen molar-refractivity contribution in [1.82, 2.24) is 10.2 Å². The van der Waals surface area contributed by atoms with Gasteiger partial charge in [0.05, 0.1) is 30.2 Å². The van der Waals surface area contributed by atoms with Gasteiger partial charge in [0.1, 0.15) is 0 Å². The molecular weight excluding hydrogens is 761 g/mol. The van der Waals surface area contributed by atoms with E-state index in [4.69, 9.17) is 15.2 Å². The number of rotatable bonds is 19. The molecule has 1 aliphatic rings. The average molecular weight is 817 g/mol. The molecule has 6 aromatic rings. The van der Waals surface area contributed by atoms with Gasteiger partial charge in [-0.2, -0.15) is 0 Å². The van der Waals surface area contributed by atoms with Gasteiger partial charge in [-0.25, -0.2) is 0 Å². The lowest BCUT2D eigenvalue weighted by Crippen LogP contribution is -2.39. The predicted octanol–water partition coefficient (Wildman–Crippen LogP) is 9.88. The van der Waals surface area contributed by atoms with Crippen LogP contribution in [0.3, 0.4) is 0 Å². The van der Waals surface area contributed by atoms with Gasteiger partial charge < -0.3 is 30.9 Å². The molecule has 0 aliphatic carbocycles. The molecule has 2 amide bonds. The Morgan fingerprint density at radius 1 is 0.623 bits per heavy atom. The number of carbonyl (C=O) groups excluding carboxylic acids is 2. The molecule has 1 fully saturated rings. The van der Waals surface area contributed by atoms with Crippen LogP contribution in [0, 0.1) is 0 Å². The molecule has 0 unspecified atom stereocenters. The zero-order valence-electron chi connectivity index (χ0n) is 34.6. The Labute approximate surface area is 359 Å². The summed E-state index contributed by atoms with van der Waals surface area (Å²) < 4.78 is 13.5. The predicted molar refractivity (Wildman–Crippen MR) is 242 cm³/mol. The number of carbonyl (C=O) groups is 2. The van der Waals surface area contributed by atoms with Crippen molar-refractivity contribution in [2.45, 2.75) is 83.3 Å². The molecule has 1 aliphatic heterocycles. The van der Waals surface area contributed by atoms with E-state index in [9.17, 15) is 14.7 Å². The highest BCUT2D eigenvalue weighted by molar-refractivity contribution is 5.93. The van der Waals surface area contributed by atoms with Crippen LogP contribution in [-0.2, 0) is 45.3 Å². The number of ether oxygens (including phenoxy) is 2. The molecule has 0 spiro atoms. The highest BCUT2D eigenvalue weighted by atomic mass is 16.7. The first-order valence-corrected chi connectivity index (χ1v) is 21.3. The van der Waals surface area contributed by atoms with Crippen LogP contribution in [0.2, 0.25) is 0 Å². The van der Waals surface area contributed by atoms with Crippen LogP contribution in [0.1, 0.15) is 84.3 Å². The third-order valence-corrected chi connectivity index (χ3v) is 11.1. The van der Waals surface area contributed by atoms with Crippen molar-refractivity contribution in [3.8, 4) is 11.1 Å². The summed E-state index contributed by atoms with van der Waals surface area (Å²) in [5.74, 6) is -0.0827. The molecule has 6 aromatic carbocycles. The molecule has 7 rings (SSSR count). The zero-order valence-corrected chi connectivity index (χ0v) is 34.6. The van der Waals surface area contributed by atoms with E-state index in [0.717, 1.165) is 59.4 Å². The molecule has 9 heteroatoms. The van der Waals surface area contributed by atoms with Crippen molar-refractivity contribution in [2.75, 3.05) is 17.6 Å². The minimum absolute atomic E-state index is 0.00501. The van der Waals surface area contributed by atoms with Gasteiger partial charge >= 0.3 is 0 Å². The van der Waals surface area contributed by atoms with E-state index >= 15 is 0 Å². The fourth-order valence-electron chi connectivity index (χ4n) is 7.74. The number of amides is 2. The van der Waals surface area contributed by atoms with Gasteiger partial charge in [-0.3, -0.25) is 14.5 Å². The molecule has 1 heterocycles. The minimum Gasteiger partial charge on any atom is -0.397 e. The van der Waals surface area contributed by atoms with Crippen molar-refractivity contribution in [3.05, 3.63) is 191 Å². The van der Waals surface area contributed by atoms with E-state index in [1.165, 1.54) is 11.1 Å². The average Bonchev–Trinajstić information content (AvgIpc) is 3.29. The minimum atomic E-state index is -0.571. The summed E-state index contributed by atoms with van der Waals surface area (Å²) in [7, 11) is 0. The maximum atomic E-state index is 12.7. The van der Waals surface area contributed by atoms with Gasteiger partial charge in [-0.1, -0.05) is 146 Å². The number of anilines is 2. The molecule has 0 radical (unpaired) electrons. The number of nitrogen functional groups attached to an aromatic ring is 1. The maximum Gasteiger partial charge on any atom is 0.224 e. The number of aliphatic hydroxyl groups excluding tert-OH is 1. The Morgan fingerprint density at radius 3 is 1.92 bits per heavy atom. The van der Waals surface area contributed by atoms with Gasteiger partial charge in [0, 0.05) is 51.0 Å². The smallest absolute Gasteiger partial charge is 0.224 e. The molecule has 0 saturated carbocycles. The first-order chi connectivity index (χ1) is 29.9. The summed E-state index contributed by atoms with van der Waals surface area (Å²) in [5, 5.41) is 15.6. The largest absolute Gasteiger partial charge is 0.397 e.